The van der Waals surface area contributed by atoms with Gasteiger partial charge in [0.05, 0.1) is 10.7 Å². The Morgan fingerprint density at radius 2 is 2.29 bits per heavy atom. The Kier molecular flexibility index (Phi) is 3.98. The molecule has 0 atom stereocenters. The van der Waals surface area contributed by atoms with E-state index in [9.17, 15) is 0 Å². The molecule has 1 N–H and O–H groups in total. The van der Waals surface area contributed by atoms with Crippen molar-refractivity contribution in [3.63, 3.8) is 0 Å². The maximum Gasteiger partial charge on any atom is 0.138 e. The number of unbranched alkanes of at least 4 members (excludes halogenated alkanes) is 1. The molecule has 2 rings (SSSR count). The van der Waals surface area contributed by atoms with Crippen LogP contribution in [0.5, 0.6) is 0 Å². The first-order valence-corrected chi connectivity index (χ1v) is 6.08. The van der Waals surface area contributed by atoms with E-state index in [-0.39, 0.29) is 0 Å². The first-order valence-electron chi connectivity index (χ1n) is 5.70. The van der Waals surface area contributed by atoms with Gasteiger partial charge in [0, 0.05) is 6.54 Å². The summed E-state index contributed by atoms with van der Waals surface area (Å²) in [6.45, 7) is 3.09. The van der Waals surface area contributed by atoms with Gasteiger partial charge in [-0.3, -0.25) is 0 Å². The molecule has 2 aromatic rings. The summed E-state index contributed by atoms with van der Waals surface area (Å²) in [7, 11) is 0. The Hall–Kier alpha value is -1.55. The lowest BCUT2D eigenvalue weighted by molar-refractivity contribution is 0.828. The molecule has 1 aromatic heterocycles. The first-order chi connectivity index (χ1) is 8.33. The second kappa shape index (κ2) is 5.68. The molecule has 17 heavy (non-hydrogen) atoms. The maximum absolute atomic E-state index is 6.21. The molecule has 0 aliphatic heterocycles. The van der Waals surface area contributed by atoms with E-state index in [4.69, 9.17) is 11.6 Å². The lowest BCUT2D eigenvalue weighted by Crippen LogP contribution is -2.06. The van der Waals surface area contributed by atoms with Crippen LogP contribution < -0.4 is 5.32 Å². The summed E-state index contributed by atoms with van der Waals surface area (Å²) in [6.07, 6.45) is 5.43. The minimum Gasteiger partial charge on any atom is -0.383 e. The number of benzene rings is 1. The van der Waals surface area contributed by atoms with Crippen LogP contribution in [0.2, 0.25) is 5.02 Å². The molecular formula is C12H15ClN4. The normalized spacial score (nSPS) is 10.5. The minimum absolute atomic E-state index is 0.664. The van der Waals surface area contributed by atoms with Crippen LogP contribution >= 0.6 is 11.6 Å². The summed E-state index contributed by atoms with van der Waals surface area (Å²) in [5, 5.41) is 8.15. The monoisotopic (exact) mass is 250 g/mol. The van der Waals surface area contributed by atoms with E-state index in [1.807, 2.05) is 18.2 Å². The van der Waals surface area contributed by atoms with Gasteiger partial charge in [-0.2, -0.15) is 5.10 Å². The number of aromatic nitrogens is 3. The molecule has 5 heteroatoms. The van der Waals surface area contributed by atoms with Crippen molar-refractivity contribution < 1.29 is 0 Å². The third-order valence-electron chi connectivity index (χ3n) is 2.48. The molecule has 0 saturated carbocycles. The van der Waals surface area contributed by atoms with Gasteiger partial charge in [-0.25, -0.2) is 9.67 Å². The molecule has 1 aromatic carbocycles. The highest BCUT2D eigenvalue weighted by molar-refractivity contribution is 6.33. The summed E-state index contributed by atoms with van der Waals surface area (Å²) >= 11 is 6.21. The number of nitrogens with zero attached hydrogens (tertiary/aromatic N) is 3. The highest BCUT2D eigenvalue weighted by atomic mass is 35.5. The molecule has 0 radical (unpaired) electrons. The average molecular weight is 251 g/mol. The Bertz CT molecular complexity index is 467. The van der Waals surface area contributed by atoms with Crippen molar-refractivity contribution in [3.05, 3.63) is 35.9 Å². The average Bonchev–Trinajstić information content (AvgIpc) is 2.83. The van der Waals surface area contributed by atoms with Crippen LogP contribution in [0, 0.1) is 0 Å². The van der Waals surface area contributed by atoms with E-state index in [0.29, 0.717) is 5.02 Å². The highest BCUT2D eigenvalue weighted by Gasteiger charge is 2.09. The fourth-order valence-electron chi connectivity index (χ4n) is 1.61. The Balaban J connectivity index is 2.29. The zero-order valence-corrected chi connectivity index (χ0v) is 10.5. The third kappa shape index (κ3) is 2.77. The van der Waals surface area contributed by atoms with Gasteiger partial charge in [0.15, 0.2) is 0 Å². The Morgan fingerprint density at radius 1 is 1.41 bits per heavy atom. The van der Waals surface area contributed by atoms with Gasteiger partial charge in [0.2, 0.25) is 0 Å². The molecule has 0 aliphatic rings. The molecule has 0 unspecified atom stereocenters. The van der Waals surface area contributed by atoms with E-state index >= 15 is 0 Å². The van der Waals surface area contributed by atoms with Crippen molar-refractivity contribution in [2.45, 2.75) is 19.8 Å². The number of anilines is 1. The fraction of sp³-hybridized carbons (Fsp3) is 0.333. The summed E-state index contributed by atoms with van der Waals surface area (Å²) in [5.74, 6) is 0. The Labute approximate surface area is 106 Å². The predicted octanol–water partition coefficient (Wildman–Crippen LogP) is 3.13. The van der Waals surface area contributed by atoms with Crippen LogP contribution in [0.4, 0.5) is 5.69 Å². The fourth-order valence-corrected chi connectivity index (χ4v) is 1.88. The quantitative estimate of drug-likeness (QED) is 0.829. The minimum atomic E-state index is 0.664. The van der Waals surface area contributed by atoms with Crippen LogP contribution in [-0.2, 0) is 0 Å². The van der Waals surface area contributed by atoms with Crippen molar-refractivity contribution in [2.24, 2.45) is 0 Å². The Morgan fingerprint density at radius 3 is 3.00 bits per heavy atom. The smallest absolute Gasteiger partial charge is 0.138 e. The zero-order valence-electron chi connectivity index (χ0n) is 9.73. The number of hydrogen-bond acceptors (Lipinski definition) is 3. The molecule has 90 valence electrons. The van der Waals surface area contributed by atoms with E-state index < -0.39 is 0 Å². The number of hydrogen-bond donors (Lipinski definition) is 1. The number of para-hydroxylation sites is 1. The van der Waals surface area contributed by atoms with Gasteiger partial charge in [0.25, 0.3) is 0 Å². The topological polar surface area (TPSA) is 42.7 Å². The van der Waals surface area contributed by atoms with Crippen LogP contribution in [-0.4, -0.2) is 21.3 Å². The van der Waals surface area contributed by atoms with Crippen molar-refractivity contribution in [2.75, 3.05) is 11.9 Å². The highest BCUT2D eigenvalue weighted by Crippen LogP contribution is 2.27. The van der Waals surface area contributed by atoms with Crippen molar-refractivity contribution in [3.8, 4) is 5.69 Å². The second-order valence-electron chi connectivity index (χ2n) is 3.76. The molecule has 0 bridgehead atoms. The lowest BCUT2D eigenvalue weighted by atomic mass is 10.2. The summed E-state index contributed by atoms with van der Waals surface area (Å²) < 4.78 is 1.68. The van der Waals surface area contributed by atoms with Crippen LogP contribution in [0.1, 0.15) is 19.8 Å². The first kappa shape index (κ1) is 11.9. The van der Waals surface area contributed by atoms with Crippen LogP contribution in [0.3, 0.4) is 0 Å². The molecule has 0 spiro atoms. The van der Waals surface area contributed by atoms with Gasteiger partial charge in [-0.15, -0.1) is 0 Å². The molecule has 4 nitrogen and oxygen atoms in total. The van der Waals surface area contributed by atoms with Crippen molar-refractivity contribution in [1.29, 1.82) is 0 Å². The largest absolute Gasteiger partial charge is 0.383 e. The molecule has 0 saturated heterocycles. The van der Waals surface area contributed by atoms with Gasteiger partial charge in [0.1, 0.15) is 18.3 Å². The molecule has 0 aliphatic carbocycles. The molecule has 1 heterocycles. The zero-order chi connectivity index (χ0) is 12.1. The maximum atomic E-state index is 6.21. The van der Waals surface area contributed by atoms with E-state index in [2.05, 4.69) is 22.3 Å². The standard InChI is InChI=1S/C12H15ClN4/c1-2-3-7-15-11-6-4-5-10(13)12(11)17-9-14-8-16-17/h4-6,8-9,15H,2-3,7H2,1H3. The summed E-state index contributed by atoms with van der Waals surface area (Å²) in [5.41, 5.74) is 1.83. The van der Waals surface area contributed by atoms with Gasteiger partial charge in [-0.1, -0.05) is 31.0 Å². The summed E-state index contributed by atoms with van der Waals surface area (Å²) in [6, 6.07) is 5.78. The molecule has 0 fully saturated rings. The lowest BCUT2D eigenvalue weighted by Gasteiger charge is -2.12. The molecular weight excluding hydrogens is 236 g/mol. The second-order valence-corrected chi connectivity index (χ2v) is 4.16. The van der Waals surface area contributed by atoms with Gasteiger partial charge < -0.3 is 5.32 Å². The van der Waals surface area contributed by atoms with Crippen molar-refractivity contribution >= 4 is 17.3 Å². The predicted molar refractivity (Wildman–Crippen MR) is 69.8 cm³/mol. The van der Waals surface area contributed by atoms with Crippen LogP contribution in [0.15, 0.2) is 30.9 Å². The van der Waals surface area contributed by atoms with E-state index in [1.165, 1.54) is 6.33 Å². The SMILES string of the molecule is CCCCNc1cccc(Cl)c1-n1cncn1. The van der Waals surface area contributed by atoms with Crippen molar-refractivity contribution in [1.82, 2.24) is 14.8 Å². The van der Waals surface area contributed by atoms with Gasteiger partial charge in [-0.05, 0) is 18.6 Å². The molecule has 0 amide bonds. The number of halogens is 1. The number of rotatable bonds is 5. The number of nitrogens with one attached hydrogen (secondary N) is 1. The third-order valence-corrected chi connectivity index (χ3v) is 2.79. The summed E-state index contributed by atoms with van der Waals surface area (Å²) in [4.78, 5) is 3.94. The van der Waals surface area contributed by atoms with E-state index in [1.54, 1.807) is 11.0 Å². The van der Waals surface area contributed by atoms with E-state index in [0.717, 1.165) is 30.8 Å². The van der Waals surface area contributed by atoms with Gasteiger partial charge >= 0.3 is 0 Å². The van der Waals surface area contributed by atoms with Crippen LogP contribution in [0.25, 0.3) is 5.69 Å².